The van der Waals surface area contributed by atoms with E-state index in [0.717, 1.165) is 0 Å². The van der Waals surface area contributed by atoms with Gasteiger partial charge in [0.1, 0.15) is 29.1 Å². The molecule has 0 spiro atoms. The fourth-order valence-electron chi connectivity index (χ4n) is 2.92. The van der Waals surface area contributed by atoms with E-state index >= 15 is 0 Å². The standard InChI is InChI=1S/C23H24ClN9O2/c1-29-23(16(10-25)21(27)31-13-26)30-11-20(32-19-8-4-7-18(24)17(19)12-34)33(2)15-6-3-5-14(9-15)22(28)35/h3-9,12,30H,1,11,13,26H2,2H3,(H2,27,31)(H2,28,35)/b23-16+,32-20?. The van der Waals surface area contributed by atoms with Crippen LogP contribution in [0.2, 0.25) is 5.02 Å². The Kier molecular flexibility index (Phi) is 9.65. The Morgan fingerprint density at radius 3 is 2.60 bits per heavy atom. The van der Waals surface area contributed by atoms with Crippen LogP contribution in [0, 0.1) is 11.3 Å². The van der Waals surface area contributed by atoms with Crippen molar-refractivity contribution in [1.29, 1.82) is 5.26 Å². The van der Waals surface area contributed by atoms with Gasteiger partial charge in [-0.25, -0.2) is 9.98 Å². The number of nitrogens with two attached hydrogens (primary N) is 3. The second-order valence-electron chi connectivity index (χ2n) is 6.87. The molecule has 2 aromatic rings. The molecule has 1 amide bonds. The van der Waals surface area contributed by atoms with Crippen molar-refractivity contribution < 1.29 is 9.59 Å². The second-order valence-corrected chi connectivity index (χ2v) is 7.27. The van der Waals surface area contributed by atoms with Crippen LogP contribution in [0.4, 0.5) is 11.4 Å². The first-order valence-electron chi connectivity index (χ1n) is 10.1. The second kappa shape index (κ2) is 12.6. The molecule has 0 bridgehead atoms. The predicted molar refractivity (Wildman–Crippen MR) is 138 cm³/mol. The minimum Gasteiger partial charge on any atom is -0.383 e. The van der Waals surface area contributed by atoms with E-state index in [2.05, 4.69) is 27.0 Å². The van der Waals surface area contributed by atoms with Crippen LogP contribution in [0.3, 0.4) is 0 Å². The third-order valence-corrected chi connectivity index (χ3v) is 5.07. The number of primary amides is 1. The van der Waals surface area contributed by atoms with Crippen molar-refractivity contribution in [1.82, 2.24) is 5.32 Å². The lowest BCUT2D eigenvalue weighted by Gasteiger charge is -2.23. The van der Waals surface area contributed by atoms with Gasteiger partial charge >= 0.3 is 0 Å². The maximum Gasteiger partial charge on any atom is 0.248 e. The molecule has 0 aliphatic carbocycles. The summed E-state index contributed by atoms with van der Waals surface area (Å²) in [5, 5.41) is 12.7. The molecule has 2 rings (SSSR count). The molecule has 0 atom stereocenters. The molecule has 0 unspecified atom stereocenters. The molecule has 35 heavy (non-hydrogen) atoms. The fourth-order valence-corrected chi connectivity index (χ4v) is 3.14. The molecule has 0 radical (unpaired) electrons. The number of hydrogen-bond donors (Lipinski definition) is 4. The third kappa shape index (κ3) is 6.73. The fraction of sp³-hybridized carbons (Fsp3) is 0.130. The minimum absolute atomic E-state index is 0.00243. The zero-order valence-corrected chi connectivity index (χ0v) is 19.7. The zero-order valence-electron chi connectivity index (χ0n) is 18.9. The first-order chi connectivity index (χ1) is 16.8. The average molecular weight is 494 g/mol. The van der Waals surface area contributed by atoms with Gasteiger partial charge in [0.25, 0.3) is 0 Å². The summed E-state index contributed by atoms with van der Waals surface area (Å²) in [6.07, 6.45) is 0.605. The van der Waals surface area contributed by atoms with Crippen LogP contribution >= 0.6 is 11.6 Å². The summed E-state index contributed by atoms with van der Waals surface area (Å²) in [6, 6.07) is 13.4. The van der Waals surface area contributed by atoms with E-state index in [4.69, 9.17) is 28.8 Å². The molecule has 7 N–H and O–H groups in total. The van der Waals surface area contributed by atoms with Crippen molar-refractivity contribution in [3.8, 4) is 6.07 Å². The number of hydrogen-bond acceptors (Lipinski definition) is 8. The number of anilines is 1. The van der Waals surface area contributed by atoms with Crippen LogP contribution in [-0.2, 0) is 0 Å². The van der Waals surface area contributed by atoms with Gasteiger partial charge < -0.3 is 27.4 Å². The quantitative estimate of drug-likeness (QED) is 0.167. The largest absolute Gasteiger partial charge is 0.383 e. The summed E-state index contributed by atoms with van der Waals surface area (Å²) in [7, 11) is 1.70. The van der Waals surface area contributed by atoms with Crippen LogP contribution in [0.15, 0.2) is 68.8 Å². The number of nitriles is 1. The van der Waals surface area contributed by atoms with Gasteiger partial charge in [-0.15, -0.1) is 0 Å². The van der Waals surface area contributed by atoms with E-state index in [0.29, 0.717) is 29.1 Å². The Bertz CT molecular complexity index is 1260. The smallest absolute Gasteiger partial charge is 0.248 e. The van der Waals surface area contributed by atoms with Crippen LogP contribution in [0.25, 0.3) is 0 Å². The number of rotatable bonds is 10. The predicted octanol–water partition coefficient (Wildman–Crippen LogP) is 1.72. The molecule has 12 heteroatoms. The highest BCUT2D eigenvalue weighted by Crippen LogP contribution is 2.26. The Morgan fingerprint density at radius 1 is 1.29 bits per heavy atom. The van der Waals surface area contributed by atoms with Crippen molar-refractivity contribution in [2.24, 2.45) is 32.2 Å². The molecule has 2 aromatic carbocycles. The molecule has 180 valence electrons. The number of benzene rings is 2. The first kappa shape index (κ1) is 26.7. The van der Waals surface area contributed by atoms with Gasteiger partial charge in [-0.1, -0.05) is 23.7 Å². The SMILES string of the molecule is C=N/C(NCC(=Nc1cccc(Cl)c1C=O)N(C)c1cccc(C(N)=O)c1)=C(/C#N)C(N)=NCN. The highest BCUT2D eigenvalue weighted by atomic mass is 35.5. The van der Waals surface area contributed by atoms with E-state index in [-0.39, 0.29) is 41.0 Å². The number of carbonyl (C=O) groups excluding carboxylic acids is 2. The van der Waals surface area contributed by atoms with Gasteiger partial charge in [0.15, 0.2) is 6.29 Å². The maximum absolute atomic E-state index is 11.7. The van der Waals surface area contributed by atoms with Crippen molar-refractivity contribution in [2.45, 2.75) is 0 Å². The molecule has 0 saturated heterocycles. The molecule has 0 aromatic heterocycles. The Labute approximate surface area is 207 Å². The Hall–Kier alpha value is -4.53. The average Bonchev–Trinajstić information content (AvgIpc) is 2.85. The van der Waals surface area contributed by atoms with Crippen LogP contribution in [0.1, 0.15) is 20.7 Å². The highest BCUT2D eigenvalue weighted by Gasteiger charge is 2.16. The number of halogens is 1. The van der Waals surface area contributed by atoms with E-state index in [1.165, 1.54) is 0 Å². The van der Waals surface area contributed by atoms with Crippen molar-refractivity contribution in [2.75, 3.05) is 25.2 Å². The van der Waals surface area contributed by atoms with E-state index in [1.54, 1.807) is 54.4 Å². The number of amides is 1. The van der Waals surface area contributed by atoms with Crippen molar-refractivity contribution >= 4 is 53.6 Å². The van der Waals surface area contributed by atoms with Gasteiger partial charge in [0.05, 0.1) is 29.5 Å². The van der Waals surface area contributed by atoms with Crippen LogP contribution in [0.5, 0.6) is 0 Å². The zero-order chi connectivity index (χ0) is 26.0. The molecular formula is C23H24ClN9O2. The summed E-state index contributed by atoms with van der Waals surface area (Å²) < 4.78 is 0. The number of aliphatic imine (C=N–C) groups is 3. The summed E-state index contributed by atoms with van der Waals surface area (Å²) in [5.41, 5.74) is 17.9. The van der Waals surface area contributed by atoms with E-state index in [1.807, 2.05) is 6.07 Å². The number of likely N-dealkylation sites (N-methyl/N-ethyl adjacent to an activating group) is 1. The third-order valence-electron chi connectivity index (χ3n) is 4.74. The number of carbonyl (C=O) groups is 2. The topological polar surface area (TPSA) is 188 Å². The van der Waals surface area contributed by atoms with Crippen molar-refractivity contribution in [3.05, 3.63) is 70.0 Å². The summed E-state index contributed by atoms with van der Waals surface area (Å²) in [4.78, 5) is 37.2. The van der Waals surface area contributed by atoms with Crippen LogP contribution in [-0.4, -0.2) is 50.8 Å². The summed E-state index contributed by atoms with van der Waals surface area (Å²) in [6.45, 7) is 3.36. The Morgan fingerprint density at radius 2 is 2.00 bits per heavy atom. The van der Waals surface area contributed by atoms with Gasteiger partial charge in [0.2, 0.25) is 5.91 Å². The lowest BCUT2D eigenvalue weighted by molar-refractivity contribution is 0.1000. The number of aldehydes is 1. The Balaban J connectivity index is 2.59. The van der Waals surface area contributed by atoms with E-state index in [9.17, 15) is 14.9 Å². The van der Waals surface area contributed by atoms with Gasteiger partial charge in [-0.05, 0) is 37.0 Å². The lowest BCUT2D eigenvalue weighted by atomic mass is 10.1. The minimum atomic E-state index is -0.593. The first-order valence-corrected chi connectivity index (χ1v) is 10.4. The lowest BCUT2D eigenvalue weighted by Crippen LogP contribution is -2.36. The summed E-state index contributed by atoms with van der Waals surface area (Å²) in [5.74, 6) is -0.283. The molecule has 0 heterocycles. The molecular weight excluding hydrogens is 470 g/mol. The molecule has 0 saturated carbocycles. The molecule has 0 aliphatic heterocycles. The van der Waals surface area contributed by atoms with Crippen LogP contribution < -0.4 is 27.4 Å². The summed E-state index contributed by atoms with van der Waals surface area (Å²) >= 11 is 6.15. The molecule has 11 nitrogen and oxygen atoms in total. The van der Waals surface area contributed by atoms with E-state index < -0.39 is 5.91 Å². The van der Waals surface area contributed by atoms with Gasteiger partial charge in [0, 0.05) is 18.3 Å². The van der Waals surface area contributed by atoms with Gasteiger partial charge in [-0.2, -0.15) is 5.26 Å². The normalized spacial score (nSPS) is 12.3. The molecule has 0 aliphatic rings. The van der Waals surface area contributed by atoms with Crippen molar-refractivity contribution in [3.63, 3.8) is 0 Å². The number of nitrogens with one attached hydrogen (secondary N) is 1. The molecule has 0 fully saturated rings. The highest BCUT2D eigenvalue weighted by molar-refractivity contribution is 6.33. The van der Waals surface area contributed by atoms with Gasteiger partial charge in [-0.3, -0.25) is 14.6 Å². The monoisotopic (exact) mass is 493 g/mol. The number of amidine groups is 2. The number of nitrogens with zero attached hydrogens (tertiary/aromatic N) is 5. The maximum atomic E-state index is 11.7.